The maximum Gasteiger partial charge on any atom is 0.328 e. The van der Waals surface area contributed by atoms with Crippen LogP contribution in [0.2, 0.25) is 0 Å². The minimum absolute atomic E-state index is 0. The van der Waals surface area contributed by atoms with Crippen molar-refractivity contribution in [3.63, 3.8) is 0 Å². The number of aromatic amines is 1. The Morgan fingerprint density at radius 2 is 2.10 bits per heavy atom. The molecular weight excluding hydrogens is 365 g/mol. The Morgan fingerprint density at radius 1 is 1.50 bits per heavy atom. The lowest BCUT2D eigenvalue weighted by Gasteiger charge is -2.14. The summed E-state index contributed by atoms with van der Waals surface area (Å²) in [6.07, 6.45) is 1.10. The Morgan fingerprint density at radius 3 is 2.65 bits per heavy atom. The summed E-state index contributed by atoms with van der Waals surface area (Å²) in [6.45, 7) is -2.30. The normalized spacial score (nSPS) is 10.8. The molecule has 1 amide bonds. The van der Waals surface area contributed by atoms with E-state index in [0.717, 1.165) is 10.8 Å². The van der Waals surface area contributed by atoms with Crippen molar-refractivity contribution in [1.82, 2.24) is 14.9 Å². The quantitative estimate of drug-likeness (QED) is 0.638. The van der Waals surface area contributed by atoms with Gasteiger partial charge in [-0.05, 0) is 15.9 Å². The number of carbonyl (C=O) groups excluding carboxylic acids is 1. The van der Waals surface area contributed by atoms with Crippen LogP contribution in [-0.2, 0) is 11.3 Å². The van der Waals surface area contributed by atoms with Crippen LogP contribution in [0.3, 0.4) is 0 Å². The van der Waals surface area contributed by atoms with E-state index in [0.29, 0.717) is 0 Å². The van der Waals surface area contributed by atoms with Gasteiger partial charge < -0.3 is 11.1 Å². The number of H-pyrrole nitrogens is 1. The van der Waals surface area contributed by atoms with Crippen LogP contribution in [0.4, 0.5) is 8.78 Å². The monoisotopic (exact) mass is 376 g/mol. The van der Waals surface area contributed by atoms with E-state index >= 15 is 0 Å². The number of halogens is 4. The highest BCUT2D eigenvalue weighted by Gasteiger charge is 2.27. The van der Waals surface area contributed by atoms with Gasteiger partial charge in [0.2, 0.25) is 5.91 Å². The molecule has 114 valence electrons. The summed E-state index contributed by atoms with van der Waals surface area (Å²) in [5.41, 5.74) is 3.35. The fourth-order valence-electron chi connectivity index (χ4n) is 1.11. The molecule has 11 heteroatoms. The van der Waals surface area contributed by atoms with Gasteiger partial charge in [-0.3, -0.25) is 19.1 Å². The summed E-state index contributed by atoms with van der Waals surface area (Å²) >= 11 is 2.88. The molecule has 0 aliphatic heterocycles. The summed E-state index contributed by atoms with van der Waals surface area (Å²) in [4.78, 5) is 35.7. The van der Waals surface area contributed by atoms with Crippen molar-refractivity contribution >= 4 is 34.2 Å². The van der Waals surface area contributed by atoms with Crippen molar-refractivity contribution in [2.45, 2.75) is 12.5 Å². The molecule has 0 saturated heterocycles. The molecular formula is C9H12BrClF2N4O3. The zero-order valence-electron chi connectivity index (χ0n) is 9.99. The molecule has 7 nitrogen and oxygen atoms in total. The van der Waals surface area contributed by atoms with E-state index in [2.05, 4.69) is 15.9 Å². The lowest BCUT2D eigenvalue weighted by Crippen LogP contribution is -2.43. The van der Waals surface area contributed by atoms with Crippen LogP contribution in [0.15, 0.2) is 20.3 Å². The number of hydrogen-bond donors (Lipinski definition) is 3. The average molecular weight is 378 g/mol. The van der Waals surface area contributed by atoms with Gasteiger partial charge in [-0.25, -0.2) is 13.6 Å². The first-order valence-corrected chi connectivity index (χ1v) is 5.88. The molecule has 0 spiro atoms. The number of nitrogens with two attached hydrogens (primary N) is 1. The molecule has 0 aliphatic rings. The molecule has 0 atom stereocenters. The highest BCUT2D eigenvalue weighted by Crippen LogP contribution is 2.08. The van der Waals surface area contributed by atoms with Crippen molar-refractivity contribution in [3.05, 3.63) is 31.5 Å². The zero-order valence-corrected chi connectivity index (χ0v) is 12.4. The molecule has 0 fully saturated rings. The number of nitrogens with zero attached hydrogens (tertiary/aromatic N) is 1. The maximum absolute atomic E-state index is 12.8. The van der Waals surface area contributed by atoms with Crippen LogP contribution in [0.25, 0.3) is 0 Å². The van der Waals surface area contributed by atoms with Crippen molar-refractivity contribution in [2.24, 2.45) is 5.73 Å². The van der Waals surface area contributed by atoms with Gasteiger partial charge in [0, 0.05) is 6.20 Å². The molecule has 20 heavy (non-hydrogen) atoms. The largest absolute Gasteiger partial charge is 0.348 e. The molecule has 1 rings (SSSR count). The Hall–Kier alpha value is -1.26. The fraction of sp³-hybridized carbons (Fsp3) is 0.444. The highest BCUT2D eigenvalue weighted by atomic mass is 79.9. The molecule has 0 bridgehead atoms. The Bertz CT molecular complexity index is 589. The van der Waals surface area contributed by atoms with E-state index in [4.69, 9.17) is 5.73 Å². The van der Waals surface area contributed by atoms with Gasteiger partial charge in [-0.1, -0.05) is 0 Å². The minimum Gasteiger partial charge on any atom is -0.348 e. The number of hydrogen-bond acceptors (Lipinski definition) is 4. The highest BCUT2D eigenvalue weighted by molar-refractivity contribution is 9.10. The molecule has 1 aromatic heterocycles. The van der Waals surface area contributed by atoms with Crippen molar-refractivity contribution in [1.29, 1.82) is 0 Å². The number of aromatic nitrogens is 2. The van der Waals surface area contributed by atoms with E-state index in [1.807, 2.05) is 10.3 Å². The molecule has 1 heterocycles. The van der Waals surface area contributed by atoms with Crippen LogP contribution in [0.5, 0.6) is 0 Å². The second-order valence-electron chi connectivity index (χ2n) is 3.70. The molecule has 0 saturated carbocycles. The zero-order chi connectivity index (χ0) is 14.6. The molecule has 0 aliphatic carbocycles. The summed E-state index contributed by atoms with van der Waals surface area (Å²) in [7, 11) is 0. The lowest BCUT2D eigenvalue weighted by molar-refractivity contribution is -0.123. The van der Waals surface area contributed by atoms with Gasteiger partial charge in [0.05, 0.1) is 17.6 Å². The average Bonchev–Trinajstić information content (AvgIpc) is 2.34. The SMILES string of the molecule is Cl.NCC(F)(F)CNC(=O)Cn1cc(Br)c(=O)[nH]c1=O. The Labute approximate surface area is 126 Å². The molecule has 1 aromatic rings. The van der Waals surface area contributed by atoms with E-state index < -0.39 is 42.7 Å². The van der Waals surface area contributed by atoms with Crippen LogP contribution in [-0.4, -0.2) is 34.5 Å². The van der Waals surface area contributed by atoms with Gasteiger partial charge >= 0.3 is 5.69 Å². The first kappa shape index (κ1) is 18.7. The third-order valence-corrected chi connectivity index (χ3v) is 2.69. The Kier molecular flexibility index (Phi) is 7.03. The third-order valence-electron chi connectivity index (χ3n) is 2.12. The minimum atomic E-state index is -3.20. The van der Waals surface area contributed by atoms with Gasteiger partial charge in [0.25, 0.3) is 11.5 Å². The maximum atomic E-state index is 12.8. The summed E-state index contributed by atoms with van der Waals surface area (Å²) in [6, 6.07) is 0. The summed E-state index contributed by atoms with van der Waals surface area (Å²) in [5, 5.41) is 1.95. The van der Waals surface area contributed by atoms with Crippen molar-refractivity contribution in [3.8, 4) is 0 Å². The van der Waals surface area contributed by atoms with Crippen LogP contribution >= 0.6 is 28.3 Å². The molecule has 0 unspecified atom stereocenters. The third kappa shape index (κ3) is 5.39. The fourth-order valence-corrected chi connectivity index (χ4v) is 1.46. The Balaban J connectivity index is 0.00000361. The predicted molar refractivity (Wildman–Crippen MR) is 73.3 cm³/mol. The van der Waals surface area contributed by atoms with E-state index in [1.54, 1.807) is 0 Å². The number of carbonyl (C=O) groups is 1. The molecule has 4 N–H and O–H groups in total. The van der Waals surface area contributed by atoms with Crippen LogP contribution in [0.1, 0.15) is 0 Å². The number of rotatable bonds is 5. The number of amides is 1. The summed E-state index contributed by atoms with van der Waals surface area (Å²) < 4.78 is 26.5. The van der Waals surface area contributed by atoms with E-state index in [1.165, 1.54) is 0 Å². The van der Waals surface area contributed by atoms with Crippen LogP contribution in [0, 0.1) is 0 Å². The predicted octanol–water partition coefficient (Wildman–Crippen LogP) is -0.569. The van der Waals surface area contributed by atoms with Crippen molar-refractivity contribution < 1.29 is 13.6 Å². The van der Waals surface area contributed by atoms with Crippen molar-refractivity contribution in [2.75, 3.05) is 13.1 Å². The smallest absolute Gasteiger partial charge is 0.328 e. The van der Waals surface area contributed by atoms with E-state index in [-0.39, 0.29) is 16.9 Å². The first-order valence-electron chi connectivity index (χ1n) is 5.09. The van der Waals surface area contributed by atoms with Gasteiger partial charge in [0.1, 0.15) is 6.54 Å². The van der Waals surface area contributed by atoms with Gasteiger partial charge in [-0.2, -0.15) is 0 Å². The second-order valence-corrected chi connectivity index (χ2v) is 4.56. The summed E-state index contributed by atoms with van der Waals surface area (Å²) in [5.74, 6) is -4.00. The second kappa shape index (κ2) is 7.50. The standard InChI is InChI=1S/C9H11BrF2N4O3.ClH/c10-5-1-16(8(19)15-7(5)18)2-6(17)14-4-9(11,12)3-13;/h1H,2-4,13H2,(H,14,17)(H,15,18,19);1H. The number of alkyl halides is 2. The van der Waals surface area contributed by atoms with Crippen LogP contribution < -0.4 is 22.3 Å². The lowest BCUT2D eigenvalue weighted by atomic mass is 10.3. The first-order chi connectivity index (χ1) is 8.75. The molecule has 0 aromatic carbocycles. The number of nitrogens with one attached hydrogen (secondary N) is 2. The van der Waals surface area contributed by atoms with E-state index in [9.17, 15) is 23.2 Å². The van der Waals surface area contributed by atoms with Gasteiger partial charge in [-0.15, -0.1) is 12.4 Å². The topological polar surface area (TPSA) is 110 Å². The van der Waals surface area contributed by atoms with Gasteiger partial charge in [0.15, 0.2) is 0 Å². The molecule has 0 radical (unpaired) electrons.